The molecular weight excluding hydrogens is 330 g/mol. The molecule has 3 heteroatoms. The lowest BCUT2D eigenvalue weighted by Crippen LogP contribution is -2.36. The molecule has 2 aliphatic heterocycles. The van der Waals surface area contributed by atoms with Crippen molar-refractivity contribution in [3.63, 3.8) is 0 Å². The van der Waals surface area contributed by atoms with Gasteiger partial charge in [0.25, 0.3) is 0 Å². The van der Waals surface area contributed by atoms with Crippen LogP contribution >= 0.6 is 11.6 Å². The second kappa shape index (κ2) is 6.05. The molecule has 0 unspecified atom stereocenters. The molecule has 3 aromatic rings. The molecule has 0 aliphatic carbocycles. The van der Waals surface area contributed by atoms with Crippen molar-refractivity contribution in [1.29, 1.82) is 0 Å². The second-order valence-corrected chi connectivity index (χ2v) is 7.46. The van der Waals surface area contributed by atoms with Crippen molar-refractivity contribution in [1.82, 2.24) is 0 Å². The van der Waals surface area contributed by atoms with Gasteiger partial charge in [0.15, 0.2) is 0 Å². The van der Waals surface area contributed by atoms with Gasteiger partial charge in [-0.15, -0.1) is 0 Å². The Labute approximate surface area is 152 Å². The van der Waals surface area contributed by atoms with E-state index in [1.54, 1.807) is 0 Å². The minimum Gasteiger partial charge on any atom is -0.377 e. The summed E-state index contributed by atoms with van der Waals surface area (Å²) >= 11 is 6.10. The summed E-state index contributed by atoms with van der Waals surface area (Å²) in [5, 5.41) is 7.16. The van der Waals surface area contributed by atoms with E-state index in [9.17, 15) is 0 Å². The van der Waals surface area contributed by atoms with Crippen LogP contribution in [0.4, 0.5) is 5.69 Å². The number of hydrogen-bond acceptors (Lipinski definition) is 2. The van der Waals surface area contributed by atoms with Crippen LogP contribution < -0.4 is 5.32 Å². The van der Waals surface area contributed by atoms with Crippen molar-refractivity contribution in [3.05, 3.63) is 76.8 Å². The summed E-state index contributed by atoms with van der Waals surface area (Å²) in [6.07, 6.45) is 2.46. The monoisotopic (exact) mass is 349 g/mol. The molecule has 5 rings (SSSR count). The minimum absolute atomic E-state index is 0.162. The fourth-order valence-corrected chi connectivity index (χ4v) is 4.54. The molecule has 3 atom stereocenters. The largest absolute Gasteiger partial charge is 0.377 e. The highest BCUT2D eigenvalue weighted by atomic mass is 35.5. The van der Waals surface area contributed by atoms with E-state index in [0.717, 1.165) is 18.1 Å². The number of hydrogen-bond donors (Lipinski definition) is 1. The van der Waals surface area contributed by atoms with Crippen LogP contribution in [0.5, 0.6) is 0 Å². The predicted molar refractivity (Wildman–Crippen MR) is 103 cm³/mol. The third kappa shape index (κ3) is 2.52. The molecule has 25 heavy (non-hydrogen) atoms. The molecule has 1 fully saturated rings. The highest BCUT2D eigenvalue weighted by Gasteiger charge is 2.40. The maximum atomic E-state index is 6.27. The lowest BCUT2D eigenvalue weighted by atomic mass is 9.77. The Kier molecular flexibility index (Phi) is 3.69. The number of fused-ring (bicyclic) bond motifs is 5. The summed E-state index contributed by atoms with van der Waals surface area (Å²) in [5.74, 6) is 0.448. The molecule has 0 spiro atoms. The lowest BCUT2D eigenvalue weighted by Gasteiger charge is -2.43. The first-order valence-corrected chi connectivity index (χ1v) is 9.34. The van der Waals surface area contributed by atoms with Gasteiger partial charge in [0.2, 0.25) is 0 Å². The van der Waals surface area contributed by atoms with Crippen molar-refractivity contribution in [2.75, 3.05) is 11.9 Å². The number of benzene rings is 3. The summed E-state index contributed by atoms with van der Waals surface area (Å²) < 4.78 is 6.27. The topological polar surface area (TPSA) is 21.3 Å². The molecule has 0 bridgehead atoms. The van der Waals surface area contributed by atoms with E-state index in [-0.39, 0.29) is 12.1 Å². The van der Waals surface area contributed by atoms with Gasteiger partial charge in [-0.2, -0.15) is 0 Å². The van der Waals surface area contributed by atoms with Gasteiger partial charge in [-0.25, -0.2) is 0 Å². The summed E-state index contributed by atoms with van der Waals surface area (Å²) in [4.78, 5) is 0. The molecule has 0 aromatic heterocycles. The highest BCUT2D eigenvalue weighted by Crippen LogP contribution is 2.50. The van der Waals surface area contributed by atoms with E-state index in [1.165, 1.54) is 34.0 Å². The van der Waals surface area contributed by atoms with Gasteiger partial charge in [-0.05, 0) is 35.9 Å². The van der Waals surface area contributed by atoms with Crippen molar-refractivity contribution in [3.8, 4) is 0 Å². The number of ether oxygens (including phenoxy) is 1. The molecule has 2 nitrogen and oxygen atoms in total. The van der Waals surface area contributed by atoms with Gasteiger partial charge in [0, 0.05) is 34.2 Å². The Morgan fingerprint density at radius 3 is 2.68 bits per heavy atom. The summed E-state index contributed by atoms with van der Waals surface area (Å²) in [6.45, 7) is 0.848. The number of halogens is 1. The molecular formula is C22H20ClNO. The SMILES string of the molecule is Clc1ccc([C@@H]2Nc3c(ccc4ccccc34)[C@H]3OCCC[C@H]32)cc1. The maximum Gasteiger partial charge on any atom is 0.0896 e. The van der Waals surface area contributed by atoms with Crippen LogP contribution in [-0.4, -0.2) is 6.61 Å². The Morgan fingerprint density at radius 1 is 0.960 bits per heavy atom. The van der Waals surface area contributed by atoms with E-state index in [2.05, 4.69) is 53.8 Å². The zero-order chi connectivity index (χ0) is 16.8. The summed E-state index contributed by atoms with van der Waals surface area (Å²) in [6, 6.07) is 21.5. The fourth-order valence-electron chi connectivity index (χ4n) is 4.42. The van der Waals surface area contributed by atoms with Gasteiger partial charge in [0.05, 0.1) is 12.1 Å². The summed E-state index contributed by atoms with van der Waals surface area (Å²) in [5.41, 5.74) is 3.80. The standard InChI is InChI=1S/C22H20ClNO/c23-16-10-7-15(8-11-16)20-18-6-3-13-25-22(18)19-12-9-14-4-1-2-5-17(14)21(19)24-20/h1-2,4-5,7-12,18,20,22,24H,3,6,13H2/t18-,20-,22-/m0/s1. The van der Waals surface area contributed by atoms with Gasteiger partial charge in [-0.3, -0.25) is 0 Å². The molecule has 0 amide bonds. The molecule has 2 aliphatic rings. The van der Waals surface area contributed by atoms with Crippen LogP contribution in [0.1, 0.15) is 36.1 Å². The van der Waals surface area contributed by atoms with Crippen molar-refractivity contribution < 1.29 is 4.74 Å². The zero-order valence-electron chi connectivity index (χ0n) is 13.9. The second-order valence-electron chi connectivity index (χ2n) is 7.02. The molecule has 1 N–H and O–H groups in total. The predicted octanol–water partition coefficient (Wildman–Crippen LogP) is 6.13. The van der Waals surface area contributed by atoms with Crippen molar-refractivity contribution in [2.45, 2.75) is 25.0 Å². The smallest absolute Gasteiger partial charge is 0.0896 e. The summed E-state index contributed by atoms with van der Waals surface area (Å²) in [7, 11) is 0. The molecule has 0 radical (unpaired) electrons. The van der Waals surface area contributed by atoms with Gasteiger partial charge in [-0.1, -0.05) is 60.1 Å². The van der Waals surface area contributed by atoms with Crippen molar-refractivity contribution >= 4 is 28.1 Å². The molecule has 1 saturated heterocycles. The fraction of sp³-hybridized carbons (Fsp3) is 0.273. The van der Waals surface area contributed by atoms with Crippen LogP contribution in [0.25, 0.3) is 10.8 Å². The average molecular weight is 350 g/mol. The van der Waals surface area contributed by atoms with E-state index < -0.39 is 0 Å². The van der Waals surface area contributed by atoms with Gasteiger partial charge >= 0.3 is 0 Å². The van der Waals surface area contributed by atoms with Crippen LogP contribution in [-0.2, 0) is 4.74 Å². The maximum absolute atomic E-state index is 6.27. The average Bonchev–Trinajstić information content (AvgIpc) is 2.68. The van der Waals surface area contributed by atoms with E-state index in [4.69, 9.17) is 16.3 Å². The normalized spacial score (nSPS) is 25.1. The lowest BCUT2D eigenvalue weighted by molar-refractivity contribution is -0.0380. The van der Waals surface area contributed by atoms with Crippen molar-refractivity contribution in [2.24, 2.45) is 5.92 Å². The van der Waals surface area contributed by atoms with Crippen LogP contribution in [0.15, 0.2) is 60.7 Å². The first kappa shape index (κ1) is 15.2. The van der Waals surface area contributed by atoms with Gasteiger partial charge in [0.1, 0.15) is 0 Å². The van der Waals surface area contributed by atoms with Gasteiger partial charge < -0.3 is 10.1 Å². The Balaban J connectivity index is 1.67. The highest BCUT2D eigenvalue weighted by molar-refractivity contribution is 6.30. The molecule has 126 valence electrons. The molecule has 3 aromatic carbocycles. The minimum atomic E-state index is 0.162. The zero-order valence-corrected chi connectivity index (χ0v) is 14.7. The third-order valence-electron chi connectivity index (χ3n) is 5.59. The molecule has 0 saturated carbocycles. The van der Waals surface area contributed by atoms with Crippen LogP contribution in [0.2, 0.25) is 5.02 Å². The Bertz CT molecular complexity index is 921. The Hall–Kier alpha value is -2.03. The van der Waals surface area contributed by atoms with E-state index >= 15 is 0 Å². The van der Waals surface area contributed by atoms with E-state index in [0.29, 0.717) is 5.92 Å². The number of rotatable bonds is 1. The quantitative estimate of drug-likeness (QED) is 0.570. The Morgan fingerprint density at radius 2 is 1.80 bits per heavy atom. The first-order chi connectivity index (χ1) is 12.3. The number of anilines is 1. The van der Waals surface area contributed by atoms with Crippen LogP contribution in [0.3, 0.4) is 0 Å². The first-order valence-electron chi connectivity index (χ1n) is 8.96. The number of nitrogens with one attached hydrogen (secondary N) is 1. The van der Waals surface area contributed by atoms with E-state index in [1.807, 2.05) is 12.1 Å². The molecule has 2 heterocycles. The third-order valence-corrected chi connectivity index (χ3v) is 5.84. The van der Waals surface area contributed by atoms with Crippen LogP contribution in [0, 0.1) is 5.92 Å².